The highest BCUT2D eigenvalue weighted by atomic mass is 19.1. The Bertz CT molecular complexity index is 8030. The van der Waals surface area contributed by atoms with E-state index in [-0.39, 0.29) is 104 Å². The number of rotatable bonds is 18. The predicted octanol–water partition coefficient (Wildman–Crippen LogP) is 14.0. The maximum atomic E-state index is 14.6. The third-order valence-electron chi connectivity index (χ3n) is 19.9. The molecule has 8 aromatic carbocycles. The van der Waals surface area contributed by atoms with E-state index in [2.05, 4.69) is 116 Å². The Hall–Kier alpha value is -16.6. The van der Waals surface area contributed by atoms with E-state index in [9.17, 15) is 36.7 Å². The van der Waals surface area contributed by atoms with E-state index >= 15 is 0 Å². The fourth-order valence-electron chi connectivity index (χ4n) is 14.1. The number of anilines is 3. The van der Waals surface area contributed by atoms with Gasteiger partial charge in [-0.05, 0) is 129 Å². The molecule has 12 heterocycles. The average molecular weight is 1650 g/mol. The topological polar surface area (TPSA) is 409 Å². The van der Waals surface area contributed by atoms with E-state index < -0.39 is 69.7 Å². The van der Waals surface area contributed by atoms with Crippen LogP contribution in [0, 0.1) is 23.3 Å². The first kappa shape index (κ1) is 71.7. The van der Waals surface area contributed by atoms with Crippen molar-refractivity contribution < 1.29 is 25.8 Å². The maximum Gasteiger partial charge on any atom is 0.269 e. The molecular weight excluding hydrogens is 1580 g/mol. The Kier molecular flexibility index (Phi) is 20.2. The summed E-state index contributed by atoms with van der Waals surface area (Å²) in [5.74, 6) is -0.0458. The van der Waals surface area contributed by atoms with Gasteiger partial charge in [0.15, 0.2) is 45.5 Å². The number of hydrogen-bond donors (Lipinski definition) is 8. The number of para-hydroxylation sites is 4. The summed E-state index contributed by atoms with van der Waals surface area (Å²) >= 11 is 0. The third-order valence-corrected chi connectivity index (χ3v) is 19.9. The van der Waals surface area contributed by atoms with E-state index in [4.69, 9.17) is 13.2 Å². The molecule has 0 fully saturated rings. The summed E-state index contributed by atoms with van der Waals surface area (Å²) in [5, 5.41) is 9.55. The Balaban J connectivity index is 0.000000121. The first-order chi connectivity index (χ1) is 62.5. The summed E-state index contributed by atoms with van der Waals surface area (Å²) in [6, 6.07) is 50.6. The van der Waals surface area contributed by atoms with Crippen molar-refractivity contribution in [2.24, 2.45) is 4.99 Å². The molecule has 20 rings (SSSR count). The second-order valence-electron chi connectivity index (χ2n) is 27.5. The minimum atomic E-state index is -0.641. The van der Waals surface area contributed by atoms with Crippen molar-refractivity contribution >= 4 is 106 Å². The molecule has 0 aliphatic rings. The molecule has 12 aromatic heterocycles. The van der Waals surface area contributed by atoms with Crippen LogP contribution >= 0.6 is 0 Å². The number of H-pyrrole nitrogens is 5. The summed E-state index contributed by atoms with van der Waals surface area (Å²) < 4.78 is 110. The number of nitrogens with zero attached hydrogens (tertiary/aromatic N) is 20. The van der Waals surface area contributed by atoms with Gasteiger partial charge in [-0.3, -0.25) is 42.4 Å². The average Bonchev–Trinajstić information content (AvgIpc) is 1.31. The normalized spacial score (nSPS) is 13.2. The smallest absolute Gasteiger partial charge is 0.269 e. The molecule has 0 saturated carbocycles. The highest BCUT2D eigenvalue weighted by Crippen LogP contribution is 2.32. The van der Waals surface area contributed by atoms with E-state index in [1.54, 1.807) is 122 Å². The Morgan fingerprint density at radius 1 is 0.390 bits per heavy atom. The van der Waals surface area contributed by atoms with Crippen LogP contribution < -0.4 is 43.7 Å². The number of fused-ring (bicyclic) bond motifs is 8. The molecule has 0 spiro atoms. The summed E-state index contributed by atoms with van der Waals surface area (Å²) in [7, 11) is 0. The van der Waals surface area contributed by atoms with Crippen LogP contribution in [0.5, 0.6) is 0 Å². The Morgan fingerprint density at radius 3 is 1.26 bits per heavy atom. The van der Waals surface area contributed by atoms with Gasteiger partial charge in [-0.15, -0.1) is 0 Å². The molecule has 0 bridgehead atoms. The number of imidazole rings is 4. The highest BCUT2D eigenvalue weighted by Gasteiger charge is 2.28. The lowest BCUT2D eigenvalue weighted by atomic mass is 10.1. The standard InChI is InChI=1S/3C22H18FN7O.C21H16FN7O/c3*1-2-15(28-20-18-19(25-11-24-18)26-12-27-20)21-29-16-10-6-9-14(23)17(16)22(31)30(21)13-7-4-3-5-8-13;1-12(27-19-17-18(24-10-23-17)25-11-26-19)20-28-16-8-7-13(22)9-15(16)21(30)29(20)14-5-3-2-4-6-14/h3*3-12,15H,2H2,1H3,(H2,24,25,26,27,28);2-12H,1H3,(H2,23,24,25,26,27)/t3*15-;12-/m0000/s1/i11D,12D;12D;11D;10D,11D. The Labute approximate surface area is 699 Å². The molecule has 0 radical (unpaired) electrons. The first-order valence-electron chi connectivity index (χ1n) is 41.4. The van der Waals surface area contributed by atoms with Crippen LogP contribution in [-0.2, 0) is 0 Å². The monoisotopic (exact) mass is 1650 g/mol. The fourth-order valence-corrected chi connectivity index (χ4v) is 14.1. The van der Waals surface area contributed by atoms with Gasteiger partial charge in [-0.2, -0.15) is 0 Å². The molecule has 36 heteroatoms. The quantitative estimate of drug-likeness (QED) is 0.0370. The zero-order valence-electron chi connectivity index (χ0n) is 71.1. The molecule has 0 saturated heterocycles. The SMILES string of the molecule is [2H]c1nc(=N[C@@H](CC)c2nc3cccc(F)c3c(=O)n2-c2ccccc2)c2[nH]cnc2[nH]1.[2H]c1nc(N[C@@H](C)c2nc3ccc(F)cc3c(=O)n2-c2ccccc2)c2nc([2H])[nH]c2n1.[2H]c1nc(N[C@@H](CC)c2nc3cccc(F)c3c(=O)n2-c2ccccc2)c2nc([2H])[nH]c2n1.[2H]c1nc2c(N[C@@H](CC)c3nc4cccc(F)c4c(=O)n3-c3ccccc3)ncnc2[nH]1. The first-order valence-corrected chi connectivity index (χ1v) is 38.4. The van der Waals surface area contributed by atoms with Crippen LogP contribution in [0.15, 0.2) is 269 Å². The summed E-state index contributed by atoms with van der Waals surface area (Å²) in [6.45, 7) is 7.53. The second-order valence-corrected chi connectivity index (χ2v) is 27.5. The van der Waals surface area contributed by atoms with Crippen molar-refractivity contribution in [1.29, 1.82) is 0 Å². The fraction of sp³-hybridized carbons (Fsp3) is 0.126. The molecule has 0 amide bonds. The van der Waals surface area contributed by atoms with Gasteiger partial charge < -0.3 is 40.9 Å². The molecule has 0 aliphatic heterocycles. The second kappa shape index (κ2) is 34.6. The lowest BCUT2D eigenvalue weighted by Gasteiger charge is -2.22. The molecule has 0 aliphatic carbocycles. The van der Waals surface area contributed by atoms with Gasteiger partial charge in [0.25, 0.3) is 22.2 Å². The molecular formula is C87H70F4N28O4. The molecule has 610 valence electrons. The lowest BCUT2D eigenvalue weighted by molar-refractivity contribution is 0.603. The summed E-state index contributed by atoms with van der Waals surface area (Å²) in [4.78, 5) is 136. The molecule has 4 atom stereocenters. The van der Waals surface area contributed by atoms with E-state index in [1.165, 1.54) is 85.5 Å². The number of aromatic amines is 5. The predicted molar refractivity (Wildman–Crippen MR) is 456 cm³/mol. The number of nitrogens with one attached hydrogen (secondary N) is 8. The molecule has 20 aromatic rings. The van der Waals surface area contributed by atoms with Crippen LogP contribution in [0.1, 0.15) is 103 Å². The van der Waals surface area contributed by atoms with Gasteiger partial charge in [0.2, 0.25) is 0 Å². The summed E-state index contributed by atoms with van der Waals surface area (Å²) in [5.41, 5.74) is 4.66. The van der Waals surface area contributed by atoms with Gasteiger partial charge in [-0.25, -0.2) is 92.3 Å². The molecule has 32 nitrogen and oxygen atoms in total. The van der Waals surface area contributed by atoms with Crippen molar-refractivity contribution in [2.45, 2.75) is 71.1 Å². The third kappa shape index (κ3) is 15.7. The van der Waals surface area contributed by atoms with Crippen LogP contribution in [0.3, 0.4) is 0 Å². The maximum absolute atomic E-state index is 14.6. The van der Waals surface area contributed by atoms with Crippen LogP contribution in [0.4, 0.5) is 35.0 Å². The number of benzene rings is 8. The number of hydrogen-bond acceptors (Lipinski definition) is 23. The van der Waals surface area contributed by atoms with Gasteiger partial charge in [0, 0.05) is 0 Å². The van der Waals surface area contributed by atoms with Crippen molar-refractivity contribution in [3.05, 3.63) is 338 Å². The van der Waals surface area contributed by atoms with Crippen LogP contribution in [0.2, 0.25) is 0 Å². The van der Waals surface area contributed by atoms with Gasteiger partial charge in [0.05, 0.1) is 99.9 Å². The van der Waals surface area contributed by atoms with Crippen molar-refractivity contribution in [3.8, 4) is 22.7 Å². The Morgan fingerprint density at radius 2 is 0.797 bits per heavy atom. The zero-order valence-corrected chi connectivity index (χ0v) is 65.1. The van der Waals surface area contributed by atoms with Crippen molar-refractivity contribution in [2.75, 3.05) is 16.0 Å². The van der Waals surface area contributed by atoms with E-state index in [0.717, 1.165) is 0 Å². The van der Waals surface area contributed by atoms with Gasteiger partial charge in [-0.1, -0.05) is 112 Å². The lowest BCUT2D eigenvalue weighted by Crippen LogP contribution is -2.28. The van der Waals surface area contributed by atoms with Gasteiger partial charge in [0.1, 0.15) is 118 Å². The summed E-state index contributed by atoms with van der Waals surface area (Å²) in [6.07, 6.45) is 3.52. The minimum absolute atomic E-state index is 0.0305. The van der Waals surface area contributed by atoms with E-state index in [0.29, 0.717) is 110 Å². The molecule has 8 N–H and O–H groups in total. The molecule has 123 heavy (non-hydrogen) atoms. The molecule has 0 unspecified atom stereocenters. The van der Waals surface area contributed by atoms with E-state index in [1.807, 2.05) is 45.0 Å². The minimum Gasteiger partial charge on any atom is -0.358 e. The number of halogens is 4. The van der Waals surface area contributed by atoms with Gasteiger partial charge >= 0.3 is 0 Å². The van der Waals surface area contributed by atoms with Crippen molar-refractivity contribution in [3.63, 3.8) is 0 Å². The van der Waals surface area contributed by atoms with Crippen LogP contribution in [-0.4, -0.2) is 118 Å². The van der Waals surface area contributed by atoms with Crippen molar-refractivity contribution in [1.82, 2.24) is 118 Å². The largest absolute Gasteiger partial charge is 0.358 e. The highest BCUT2D eigenvalue weighted by molar-refractivity contribution is 5.86. The van der Waals surface area contributed by atoms with Crippen LogP contribution in [0.25, 0.3) is 111 Å². The zero-order chi connectivity index (χ0) is 90.0. The number of aromatic nitrogens is 24.